The third-order valence-electron chi connectivity index (χ3n) is 3.56. The lowest BCUT2D eigenvalue weighted by atomic mass is 9.99. The smallest absolute Gasteiger partial charge is 0.303 e. The summed E-state index contributed by atoms with van der Waals surface area (Å²) in [7, 11) is -2.52. The summed E-state index contributed by atoms with van der Waals surface area (Å²) in [4.78, 5) is 23.0. The molecule has 0 saturated carbocycles. The first-order valence-electron chi connectivity index (χ1n) is 9.08. The van der Waals surface area contributed by atoms with Gasteiger partial charge < -0.3 is 27.8 Å². The molecule has 1 fully saturated rings. The zero-order chi connectivity index (χ0) is 21.0. The Hall–Kier alpha value is -0.786. The van der Waals surface area contributed by atoms with Gasteiger partial charge in [-0.1, -0.05) is 0 Å². The summed E-state index contributed by atoms with van der Waals surface area (Å²) < 4.78 is 34.8. The van der Waals surface area contributed by atoms with Crippen LogP contribution in [-0.4, -0.2) is 73.0 Å². The van der Waals surface area contributed by atoms with E-state index in [-0.39, 0.29) is 6.61 Å². The van der Waals surface area contributed by atoms with Crippen LogP contribution in [0.15, 0.2) is 0 Å². The van der Waals surface area contributed by atoms with Crippen LogP contribution >= 0.6 is 0 Å². The number of rotatable bonds is 8. The molecule has 1 aliphatic rings. The molecule has 0 aromatic carbocycles. The van der Waals surface area contributed by atoms with Crippen LogP contribution in [0.2, 0.25) is 39.3 Å². The summed E-state index contributed by atoms with van der Waals surface area (Å²) in [6.45, 7) is 14.9. The van der Waals surface area contributed by atoms with Crippen molar-refractivity contribution in [2.75, 3.05) is 13.7 Å². The Morgan fingerprint density at radius 2 is 1.37 bits per heavy atom. The van der Waals surface area contributed by atoms with Gasteiger partial charge in [-0.25, -0.2) is 0 Å². The number of hydrogen-bond acceptors (Lipinski definition) is 8. The van der Waals surface area contributed by atoms with Gasteiger partial charge in [0.05, 0.1) is 0 Å². The average Bonchev–Trinajstić information content (AvgIpc) is 2.46. The Bertz CT molecular complexity index is 514. The molecule has 1 heterocycles. The maximum absolute atomic E-state index is 11.8. The number of ether oxygens (including phenoxy) is 4. The number of esters is 2. The largest absolute Gasteiger partial charge is 0.463 e. The van der Waals surface area contributed by atoms with Gasteiger partial charge >= 0.3 is 11.9 Å². The second-order valence-electron chi connectivity index (χ2n) is 8.54. The molecular formula is C17H34O8Si2. The first-order valence-corrected chi connectivity index (χ1v) is 15.9. The minimum absolute atomic E-state index is 0.0711. The fraction of sp³-hybridized carbons (Fsp3) is 0.882. The number of hydrogen-bond donors (Lipinski definition) is 0. The average molecular weight is 423 g/mol. The van der Waals surface area contributed by atoms with Gasteiger partial charge in [-0.15, -0.1) is 0 Å². The van der Waals surface area contributed by atoms with Gasteiger partial charge in [0.15, 0.2) is 29.0 Å². The molecule has 0 aromatic heterocycles. The van der Waals surface area contributed by atoms with Crippen LogP contribution in [-0.2, 0) is 37.4 Å². The highest BCUT2D eigenvalue weighted by atomic mass is 28.4. The third-order valence-corrected chi connectivity index (χ3v) is 5.51. The van der Waals surface area contributed by atoms with Gasteiger partial charge in [0.2, 0.25) is 0 Å². The molecule has 158 valence electrons. The van der Waals surface area contributed by atoms with Crippen molar-refractivity contribution < 1.29 is 37.4 Å². The van der Waals surface area contributed by atoms with Crippen molar-refractivity contribution in [1.82, 2.24) is 0 Å². The highest BCUT2D eigenvalue weighted by Crippen LogP contribution is 2.32. The molecule has 27 heavy (non-hydrogen) atoms. The van der Waals surface area contributed by atoms with Crippen molar-refractivity contribution in [1.29, 1.82) is 0 Å². The van der Waals surface area contributed by atoms with Gasteiger partial charge in [0.1, 0.15) is 24.9 Å². The molecule has 5 atom stereocenters. The summed E-state index contributed by atoms with van der Waals surface area (Å²) in [5.74, 6) is -0.916. The predicted molar refractivity (Wildman–Crippen MR) is 104 cm³/mol. The highest BCUT2D eigenvalue weighted by molar-refractivity contribution is 6.70. The van der Waals surface area contributed by atoms with Crippen LogP contribution in [0.5, 0.6) is 0 Å². The van der Waals surface area contributed by atoms with Crippen LogP contribution in [0.25, 0.3) is 0 Å². The van der Waals surface area contributed by atoms with E-state index in [2.05, 4.69) is 19.6 Å². The molecule has 0 N–H and O–H groups in total. The Morgan fingerprint density at radius 1 is 0.852 bits per heavy atom. The van der Waals surface area contributed by atoms with E-state index in [1.165, 1.54) is 21.0 Å². The monoisotopic (exact) mass is 422 g/mol. The molecule has 0 aliphatic carbocycles. The van der Waals surface area contributed by atoms with E-state index in [0.29, 0.717) is 0 Å². The maximum atomic E-state index is 11.8. The van der Waals surface area contributed by atoms with Gasteiger partial charge in [-0.3, -0.25) is 9.59 Å². The van der Waals surface area contributed by atoms with Crippen molar-refractivity contribution in [2.45, 2.75) is 83.8 Å². The molecule has 0 aromatic rings. The second kappa shape index (κ2) is 9.61. The lowest BCUT2D eigenvalue weighted by Gasteiger charge is -2.48. The zero-order valence-corrected chi connectivity index (χ0v) is 19.9. The summed E-state index contributed by atoms with van der Waals surface area (Å²) in [5.41, 5.74) is 0. The number of carbonyl (C=O) groups excluding carboxylic acids is 2. The molecule has 0 bridgehead atoms. The van der Waals surface area contributed by atoms with Crippen molar-refractivity contribution in [3.05, 3.63) is 0 Å². The van der Waals surface area contributed by atoms with Gasteiger partial charge in [0, 0.05) is 21.0 Å². The van der Waals surface area contributed by atoms with E-state index in [1.807, 2.05) is 19.6 Å². The standard InChI is InChI=1S/C17H34O8Si2/c1-11(18)21-10-13-14(22-12(2)19)15(24-26(4,5)6)16(17(20-3)23-13)25-27(7,8)9/h13-17H,10H2,1-9H3/t13-,14+,15+,16-,17-/m1/s1. The summed E-state index contributed by atoms with van der Waals surface area (Å²) in [6, 6.07) is 0. The molecule has 8 nitrogen and oxygen atoms in total. The maximum Gasteiger partial charge on any atom is 0.303 e. The van der Waals surface area contributed by atoms with Crippen molar-refractivity contribution in [2.24, 2.45) is 0 Å². The molecule has 0 radical (unpaired) electrons. The molecule has 0 unspecified atom stereocenters. The zero-order valence-electron chi connectivity index (χ0n) is 17.9. The van der Waals surface area contributed by atoms with Crippen LogP contribution in [0.3, 0.4) is 0 Å². The Kier molecular flexibility index (Phi) is 8.64. The fourth-order valence-corrected chi connectivity index (χ4v) is 4.96. The van der Waals surface area contributed by atoms with Crippen LogP contribution < -0.4 is 0 Å². The van der Waals surface area contributed by atoms with E-state index < -0.39 is 59.3 Å². The second-order valence-corrected chi connectivity index (χ2v) is 17.5. The van der Waals surface area contributed by atoms with Crippen molar-refractivity contribution in [3.8, 4) is 0 Å². The SMILES string of the molecule is CO[C@@H]1O[C@H](COC(C)=O)[C@H](OC(C)=O)[C@H](O[Si](C)(C)C)[C@H]1O[Si](C)(C)C. The topological polar surface area (TPSA) is 89.5 Å². The van der Waals surface area contributed by atoms with Crippen LogP contribution in [0.1, 0.15) is 13.8 Å². The lowest BCUT2D eigenvalue weighted by molar-refractivity contribution is -0.290. The minimum Gasteiger partial charge on any atom is -0.463 e. The first kappa shape index (κ1) is 24.3. The van der Waals surface area contributed by atoms with Crippen molar-refractivity contribution >= 4 is 28.6 Å². The predicted octanol–water partition coefficient (Wildman–Crippen LogP) is 2.29. The van der Waals surface area contributed by atoms with E-state index in [0.717, 1.165) is 0 Å². The molecule has 1 aliphatic heterocycles. The molecule has 1 rings (SSSR count). The Balaban J connectivity index is 3.28. The van der Waals surface area contributed by atoms with E-state index in [1.54, 1.807) is 0 Å². The third kappa shape index (κ3) is 8.40. The number of methoxy groups -OCH3 is 1. The van der Waals surface area contributed by atoms with E-state index in [4.69, 9.17) is 27.8 Å². The summed E-state index contributed by atoms with van der Waals surface area (Å²) in [5, 5.41) is 0. The highest BCUT2D eigenvalue weighted by Gasteiger charge is 2.52. The van der Waals surface area contributed by atoms with Crippen LogP contribution in [0, 0.1) is 0 Å². The lowest BCUT2D eigenvalue weighted by Crippen LogP contribution is -2.65. The quantitative estimate of drug-likeness (QED) is 0.435. The molecule has 0 spiro atoms. The summed E-state index contributed by atoms with van der Waals surface area (Å²) in [6.07, 6.45) is -3.38. The number of carbonyl (C=O) groups is 2. The van der Waals surface area contributed by atoms with E-state index >= 15 is 0 Å². The fourth-order valence-electron chi connectivity index (χ4n) is 2.81. The Morgan fingerprint density at radius 3 is 1.78 bits per heavy atom. The van der Waals surface area contributed by atoms with E-state index in [9.17, 15) is 9.59 Å². The van der Waals surface area contributed by atoms with Gasteiger partial charge in [-0.05, 0) is 39.3 Å². The van der Waals surface area contributed by atoms with Gasteiger partial charge in [-0.2, -0.15) is 0 Å². The molecule has 0 amide bonds. The molecular weight excluding hydrogens is 388 g/mol. The summed E-state index contributed by atoms with van der Waals surface area (Å²) >= 11 is 0. The minimum atomic E-state index is -2.05. The first-order chi connectivity index (χ1) is 12.2. The molecule has 10 heteroatoms. The molecule has 1 saturated heterocycles. The van der Waals surface area contributed by atoms with Crippen LogP contribution in [0.4, 0.5) is 0 Å². The normalized spacial score (nSPS) is 29.3. The van der Waals surface area contributed by atoms with Crippen molar-refractivity contribution in [3.63, 3.8) is 0 Å². The Labute approximate surface area is 164 Å². The van der Waals surface area contributed by atoms with Gasteiger partial charge in [0.25, 0.3) is 0 Å².